The molecule has 278 valence electrons. The number of carbonyl (C=O) groups excluding carboxylic acids is 2. The van der Waals surface area contributed by atoms with Crippen molar-refractivity contribution in [1.82, 2.24) is 0 Å². The molecule has 1 heterocycles. The van der Waals surface area contributed by atoms with E-state index in [9.17, 15) is 19.5 Å². The van der Waals surface area contributed by atoms with Gasteiger partial charge in [-0.15, -0.1) is 0 Å². The van der Waals surface area contributed by atoms with Crippen LogP contribution in [0.15, 0.2) is 22.4 Å². The number of rotatable bonds is 10. The molecule has 0 radical (unpaired) electrons. The third kappa shape index (κ3) is 5.90. The molecule has 5 saturated carbocycles. The molecule has 50 heavy (non-hydrogen) atoms. The molecule has 0 aromatic rings. The van der Waals surface area contributed by atoms with E-state index in [1.54, 1.807) is 20.1 Å². The summed E-state index contributed by atoms with van der Waals surface area (Å²) in [4.78, 5) is 37.5. The second-order valence-corrected chi connectivity index (χ2v) is 19.6. The van der Waals surface area contributed by atoms with Crippen molar-refractivity contribution >= 4 is 29.8 Å². The van der Waals surface area contributed by atoms with Crippen LogP contribution in [0.25, 0.3) is 0 Å². The van der Waals surface area contributed by atoms with Gasteiger partial charge < -0.3 is 14.6 Å². The van der Waals surface area contributed by atoms with Gasteiger partial charge in [0.25, 0.3) is 0 Å². The lowest BCUT2D eigenvalue weighted by Gasteiger charge is -2.73. The van der Waals surface area contributed by atoms with E-state index >= 15 is 0 Å². The summed E-state index contributed by atoms with van der Waals surface area (Å²) >= 11 is 0. The van der Waals surface area contributed by atoms with E-state index in [2.05, 4.69) is 58.3 Å². The van der Waals surface area contributed by atoms with Gasteiger partial charge in [-0.3, -0.25) is 14.4 Å². The summed E-state index contributed by atoms with van der Waals surface area (Å²) in [6.45, 7) is 22.9. The van der Waals surface area contributed by atoms with Crippen molar-refractivity contribution in [3.63, 3.8) is 0 Å². The number of fused-ring (bicyclic) bond motifs is 7. The summed E-state index contributed by atoms with van der Waals surface area (Å²) in [5.41, 5.74) is 1.52. The maximum absolute atomic E-state index is 13.1. The third-order valence-corrected chi connectivity index (χ3v) is 16.4. The molecule has 8 nitrogen and oxygen atoms in total. The fourth-order valence-electron chi connectivity index (χ4n) is 13.5. The minimum atomic E-state index is -1.14. The minimum Gasteiger partial charge on any atom is -0.481 e. The second kappa shape index (κ2) is 12.9. The SMILES string of the molecule is C=C(C)[C@@H]1CC[C@]2(CCOC(=O)CC3=NN=CC3)CC[C@]3(C)[C@H](CC[C@@H]4[C@@]5(C)CC[C@H](OC(=O)CC(C)(C)C(=O)O)C(C)(C)[C@@H]5CC[C@]43C)[C@@H]12. The van der Waals surface area contributed by atoms with Crippen LogP contribution in [-0.2, 0) is 23.9 Å². The molecule has 0 amide bonds. The molecule has 0 saturated heterocycles. The Morgan fingerprint density at radius 2 is 1.66 bits per heavy atom. The fourth-order valence-corrected chi connectivity index (χ4v) is 13.5. The van der Waals surface area contributed by atoms with Crippen molar-refractivity contribution in [3.8, 4) is 0 Å². The lowest BCUT2D eigenvalue weighted by atomic mass is 9.32. The van der Waals surface area contributed by atoms with Gasteiger partial charge in [-0.2, -0.15) is 10.2 Å². The van der Waals surface area contributed by atoms with E-state index in [-0.39, 0.29) is 52.0 Å². The smallest absolute Gasteiger partial charge is 0.311 e. The van der Waals surface area contributed by atoms with Gasteiger partial charge in [0, 0.05) is 18.1 Å². The zero-order valence-electron chi connectivity index (χ0n) is 32.2. The number of aliphatic carboxylic acids is 1. The maximum Gasteiger partial charge on any atom is 0.311 e. The van der Waals surface area contributed by atoms with Crippen molar-refractivity contribution < 1.29 is 29.0 Å². The summed E-state index contributed by atoms with van der Waals surface area (Å²) in [5.74, 6) is 1.17. The molecular formula is C42H64N2O6. The van der Waals surface area contributed by atoms with E-state index in [1.807, 2.05) is 0 Å². The Morgan fingerprint density at radius 1 is 0.920 bits per heavy atom. The number of carboxylic acids is 1. The van der Waals surface area contributed by atoms with Crippen LogP contribution in [-0.4, -0.2) is 47.7 Å². The van der Waals surface area contributed by atoms with Crippen LogP contribution in [0.1, 0.15) is 145 Å². The van der Waals surface area contributed by atoms with Crippen LogP contribution in [0.5, 0.6) is 0 Å². The van der Waals surface area contributed by atoms with E-state index in [1.165, 1.54) is 50.5 Å². The minimum absolute atomic E-state index is 0.112. The molecule has 0 aromatic heterocycles. The number of hydrogen-bond donors (Lipinski definition) is 1. The molecule has 8 heteroatoms. The van der Waals surface area contributed by atoms with E-state index < -0.39 is 17.4 Å². The van der Waals surface area contributed by atoms with Crippen LogP contribution in [0.3, 0.4) is 0 Å². The van der Waals surface area contributed by atoms with Gasteiger partial charge in [-0.25, -0.2) is 0 Å². The molecule has 0 spiro atoms. The number of carbonyl (C=O) groups is 3. The summed E-state index contributed by atoms with van der Waals surface area (Å²) in [7, 11) is 0. The first-order valence-electron chi connectivity index (χ1n) is 19.6. The van der Waals surface area contributed by atoms with Crippen LogP contribution >= 0.6 is 0 Å². The number of carboxylic acid groups (broad SMARTS) is 1. The molecular weight excluding hydrogens is 628 g/mol. The van der Waals surface area contributed by atoms with Crippen LogP contribution in [0.2, 0.25) is 0 Å². The van der Waals surface area contributed by atoms with Gasteiger partial charge in [-0.1, -0.05) is 46.8 Å². The highest BCUT2D eigenvalue weighted by Gasteiger charge is 2.71. The number of ether oxygens (including phenoxy) is 2. The lowest BCUT2D eigenvalue weighted by molar-refractivity contribution is -0.251. The van der Waals surface area contributed by atoms with Gasteiger partial charge >= 0.3 is 17.9 Å². The van der Waals surface area contributed by atoms with Gasteiger partial charge in [0.2, 0.25) is 0 Å². The highest BCUT2D eigenvalue weighted by Crippen LogP contribution is 2.78. The predicted molar refractivity (Wildman–Crippen MR) is 196 cm³/mol. The Bertz CT molecular complexity index is 1460. The number of allylic oxidation sites excluding steroid dienone is 1. The summed E-state index contributed by atoms with van der Waals surface area (Å²) < 4.78 is 12.0. The molecule has 6 rings (SSSR count). The average molecular weight is 693 g/mol. The molecule has 0 bridgehead atoms. The Labute approximate surface area is 300 Å². The monoisotopic (exact) mass is 692 g/mol. The van der Waals surface area contributed by atoms with Crippen LogP contribution in [0.4, 0.5) is 0 Å². The standard InChI is InChI=1S/C42H64N2O6/c1-26(2)28-12-18-42(21-23-49-33(45)24-27-15-22-43-44-27)20-19-40(8)29(35(28)42)10-11-31-39(7)16-14-32(50-34(46)25-37(3,4)36(47)48)38(5,6)30(39)13-17-41(31,40)9/h22,28-32,35H,1,10-21,23-25H2,2-9H3,(H,47,48)/t28-,29+,30-,31+,32-,35+,39-,40+,41+,42+/m0/s1. The zero-order chi connectivity index (χ0) is 36.5. The third-order valence-electron chi connectivity index (χ3n) is 16.4. The summed E-state index contributed by atoms with van der Waals surface area (Å²) in [5, 5.41) is 17.5. The van der Waals surface area contributed by atoms with Crippen molar-refractivity contribution in [3.05, 3.63) is 12.2 Å². The Kier molecular flexibility index (Phi) is 9.58. The van der Waals surface area contributed by atoms with E-state index in [4.69, 9.17) is 9.47 Å². The summed E-state index contributed by atoms with van der Waals surface area (Å²) in [6, 6.07) is 0. The second-order valence-electron chi connectivity index (χ2n) is 19.6. The molecule has 1 N–H and O–H groups in total. The number of esters is 2. The fraction of sp³-hybridized carbons (Fsp3) is 0.833. The van der Waals surface area contributed by atoms with Crippen molar-refractivity contribution in [2.45, 2.75) is 151 Å². The van der Waals surface area contributed by atoms with E-state index in [0.717, 1.165) is 31.4 Å². The van der Waals surface area contributed by atoms with Gasteiger partial charge in [0.15, 0.2) is 0 Å². The molecule has 0 unspecified atom stereocenters. The number of nitrogens with zero attached hydrogens (tertiary/aromatic N) is 2. The first-order valence-corrected chi connectivity index (χ1v) is 19.6. The number of hydrogen-bond acceptors (Lipinski definition) is 7. The molecule has 0 aromatic carbocycles. The topological polar surface area (TPSA) is 115 Å². The Hall–Kier alpha value is -2.51. The van der Waals surface area contributed by atoms with Crippen LogP contribution in [0, 0.1) is 62.1 Å². The van der Waals surface area contributed by atoms with Crippen molar-refractivity contribution in [2.24, 2.45) is 72.3 Å². The average Bonchev–Trinajstić information content (AvgIpc) is 3.67. The molecule has 1 aliphatic heterocycles. The quantitative estimate of drug-likeness (QED) is 0.180. The van der Waals surface area contributed by atoms with E-state index in [0.29, 0.717) is 42.6 Å². The highest BCUT2D eigenvalue weighted by atomic mass is 16.5. The van der Waals surface area contributed by atoms with Crippen molar-refractivity contribution in [2.75, 3.05) is 6.61 Å². The van der Waals surface area contributed by atoms with Gasteiger partial charge in [-0.05, 0) is 143 Å². The van der Waals surface area contributed by atoms with Crippen molar-refractivity contribution in [1.29, 1.82) is 0 Å². The largest absolute Gasteiger partial charge is 0.481 e. The molecule has 5 aliphatic carbocycles. The Balaban J connectivity index is 1.20. The Morgan fingerprint density at radius 3 is 2.32 bits per heavy atom. The molecule has 10 atom stereocenters. The molecule has 6 aliphatic rings. The summed E-state index contributed by atoms with van der Waals surface area (Å²) in [6.07, 6.45) is 14.6. The molecule has 5 fully saturated rings. The van der Waals surface area contributed by atoms with Gasteiger partial charge in [0.05, 0.1) is 30.6 Å². The maximum atomic E-state index is 13.1. The first kappa shape index (κ1) is 37.3. The van der Waals surface area contributed by atoms with Crippen LogP contribution < -0.4 is 0 Å². The normalized spacial score (nSPS) is 41.6. The predicted octanol–water partition coefficient (Wildman–Crippen LogP) is 9.21. The lowest BCUT2D eigenvalue weighted by Crippen LogP contribution is -2.66. The first-order chi connectivity index (χ1) is 23.3. The zero-order valence-corrected chi connectivity index (χ0v) is 32.2. The highest BCUT2D eigenvalue weighted by molar-refractivity contribution is 6.06. The van der Waals surface area contributed by atoms with Gasteiger partial charge in [0.1, 0.15) is 6.10 Å².